The highest BCUT2D eigenvalue weighted by Gasteiger charge is 2.39. The minimum absolute atomic E-state index is 0.0384. The highest BCUT2D eigenvalue weighted by molar-refractivity contribution is 5.85. The first-order chi connectivity index (χ1) is 9.02. The van der Waals surface area contributed by atoms with Crippen LogP contribution in [0.25, 0.3) is 0 Å². The first-order valence-electron chi connectivity index (χ1n) is 7.22. The molecule has 19 heavy (non-hydrogen) atoms. The lowest BCUT2D eigenvalue weighted by molar-refractivity contribution is -0.153. The van der Waals surface area contributed by atoms with Crippen molar-refractivity contribution in [3.05, 3.63) is 12.2 Å². The Labute approximate surface area is 114 Å². The third kappa shape index (κ3) is 2.82. The molecule has 1 heterocycles. The van der Waals surface area contributed by atoms with Crippen molar-refractivity contribution in [1.82, 2.24) is 4.90 Å². The van der Waals surface area contributed by atoms with Gasteiger partial charge in [-0.15, -0.1) is 0 Å². The average molecular weight is 265 g/mol. The number of hydrogen-bond acceptors (Lipinski definition) is 2. The van der Waals surface area contributed by atoms with Gasteiger partial charge in [-0.25, -0.2) is 0 Å². The molecule has 1 aliphatic heterocycles. The first kappa shape index (κ1) is 14.1. The molecule has 2 rings (SSSR count). The molecule has 0 spiro atoms. The maximum absolute atomic E-state index is 12.7. The van der Waals surface area contributed by atoms with Crippen LogP contribution in [0.4, 0.5) is 0 Å². The average Bonchev–Trinajstić information content (AvgIpc) is 2.38. The van der Waals surface area contributed by atoms with E-state index in [1.54, 1.807) is 0 Å². The predicted octanol–water partition coefficient (Wildman–Crippen LogP) is 2.44. The summed E-state index contributed by atoms with van der Waals surface area (Å²) in [6, 6.07) is 0.466. The lowest BCUT2D eigenvalue weighted by Gasteiger charge is -2.42. The van der Waals surface area contributed by atoms with Gasteiger partial charge in [0.05, 0.1) is 11.8 Å². The molecule has 1 aliphatic carbocycles. The number of carbonyl (C=O) groups excluding carboxylic acids is 1. The molecule has 4 atom stereocenters. The first-order valence-corrected chi connectivity index (χ1v) is 7.22. The highest BCUT2D eigenvalue weighted by Crippen LogP contribution is 2.32. The minimum atomic E-state index is -0.847. The quantitative estimate of drug-likeness (QED) is 0.780. The van der Waals surface area contributed by atoms with Crippen LogP contribution in [0.15, 0.2) is 12.2 Å². The molecule has 0 aromatic rings. The van der Waals surface area contributed by atoms with Gasteiger partial charge in [-0.05, 0) is 46.0 Å². The maximum atomic E-state index is 12.7. The lowest BCUT2D eigenvalue weighted by Crippen LogP contribution is -2.51. The highest BCUT2D eigenvalue weighted by atomic mass is 16.4. The number of nitrogens with zero attached hydrogens (tertiary/aromatic N) is 1. The molecule has 106 valence electrons. The van der Waals surface area contributed by atoms with E-state index in [0.717, 1.165) is 19.3 Å². The molecule has 1 amide bonds. The van der Waals surface area contributed by atoms with Crippen molar-refractivity contribution >= 4 is 11.9 Å². The van der Waals surface area contributed by atoms with E-state index >= 15 is 0 Å². The maximum Gasteiger partial charge on any atom is 0.307 e. The van der Waals surface area contributed by atoms with Gasteiger partial charge in [-0.2, -0.15) is 0 Å². The molecular formula is C15H23NO3. The SMILES string of the molecule is C[C@@H]1CCC[C@H](C)N1C(=O)[C@@H]1CC=CC[C@@H]1C(=O)O. The van der Waals surface area contributed by atoms with Crippen LogP contribution in [-0.4, -0.2) is 34.0 Å². The summed E-state index contributed by atoms with van der Waals surface area (Å²) in [6.45, 7) is 4.14. The summed E-state index contributed by atoms with van der Waals surface area (Å²) in [4.78, 5) is 26.0. The van der Waals surface area contributed by atoms with E-state index in [9.17, 15) is 14.7 Å². The van der Waals surface area contributed by atoms with Gasteiger partial charge in [0.1, 0.15) is 0 Å². The summed E-state index contributed by atoms with van der Waals surface area (Å²) in [5.41, 5.74) is 0. The summed E-state index contributed by atoms with van der Waals surface area (Å²) in [6.07, 6.45) is 8.06. The van der Waals surface area contributed by atoms with Crippen LogP contribution in [0.1, 0.15) is 46.0 Å². The second-order valence-electron chi connectivity index (χ2n) is 5.87. The van der Waals surface area contributed by atoms with Gasteiger partial charge in [-0.1, -0.05) is 12.2 Å². The number of piperidine rings is 1. The zero-order chi connectivity index (χ0) is 14.0. The fourth-order valence-corrected chi connectivity index (χ4v) is 3.41. The fourth-order valence-electron chi connectivity index (χ4n) is 3.41. The monoisotopic (exact) mass is 265 g/mol. The smallest absolute Gasteiger partial charge is 0.307 e. The van der Waals surface area contributed by atoms with Gasteiger partial charge >= 0.3 is 5.97 Å². The van der Waals surface area contributed by atoms with E-state index in [0.29, 0.717) is 12.8 Å². The van der Waals surface area contributed by atoms with Crippen LogP contribution >= 0.6 is 0 Å². The normalized spacial score (nSPS) is 35.2. The Morgan fingerprint density at radius 3 is 2.11 bits per heavy atom. The number of aliphatic carboxylic acids is 1. The topological polar surface area (TPSA) is 57.6 Å². The van der Waals surface area contributed by atoms with E-state index in [2.05, 4.69) is 13.8 Å². The Bertz CT molecular complexity index is 381. The van der Waals surface area contributed by atoms with Gasteiger partial charge in [0.15, 0.2) is 0 Å². The molecule has 0 radical (unpaired) electrons. The Kier molecular flexibility index (Phi) is 4.27. The van der Waals surface area contributed by atoms with Crippen LogP contribution in [-0.2, 0) is 9.59 Å². The third-order valence-corrected chi connectivity index (χ3v) is 4.51. The molecule has 0 bridgehead atoms. The molecule has 0 unspecified atom stereocenters. The lowest BCUT2D eigenvalue weighted by atomic mass is 9.81. The van der Waals surface area contributed by atoms with E-state index < -0.39 is 11.9 Å². The van der Waals surface area contributed by atoms with Crippen LogP contribution in [0.2, 0.25) is 0 Å². The number of carboxylic acids is 1. The summed E-state index contributed by atoms with van der Waals surface area (Å²) in [5, 5.41) is 9.28. The molecule has 0 saturated carbocycles. The van der Waals surface area contributed by atoms with E-state index in [4.69, 9.17) is 0 Å². The van der Waals surface area contributed by atoms with E-state index in [1.165, 1.54) is 0 Å². The van der Waals surface area contributed by atoms with Crippen molar-refractivity contribution in [2.75, 3.05) is 0 Å². The van der Waals surface area contributed by atoms with Gasteiger partial charge < -0.3 is 10.0 Å². The number of likely N-dealkylation sites (tertiary alicyclic amines) is 1. The summed E-state index contributed by atoms with van der Waals surface area (Å²) in [5.74, 6) is -1.75. The molecule has 0 aromatic heterocycles. The Morgan fingerprint density at radius 1 is 1.05 bits per heavy atom. The summed E-state index contributed by atoms with van der Waals surface area (Å²) >= 11 is 0. The second-order valence-corrected chi connectivity index (χ2v) is 5.87. The van der Waals surface area contributed by atoms with Crippen molar-refractivity contribution < 1.29 is 14.7 Å². The molecule has 1 saturated heterocycles. The predicted molar refractivity (Wildman–Crippen MR) is 72.6 cm³/mol. The van der Waals surface area contributed by atoms with E-state index in [-0.39, 0.29) is 23.9 Å². The van der Waals surface area contributed by atoms with Crippen molar-refractivity contribution in [1.29, 1.82) is 0 Å². The molecule has 4 nitrogen and oxygen atoms in total. The molecule has 4 heteroatoms. The molecule has 2 aliphatic rings. The van der Waals surface area contributed by atoms with Crippen LogP contribution in [0, 0.1) is 11.8 Å². The van der Waals surface area contributed by atoms with Crippen LogP contribution in [0.5, 0.6) is 0 Å². The zero-order valence-corrected chi connectivity index (χ0v) is 11.7. The van der Waals surface area contributed by atoms with Crippen LogP contribution in [0.3, 0.4) is 0 Å². The zero-order valence-electron chi connectivity index (χ0n) is 11.7. The van der Waals surface area contributed by atoms with E-state index in [1.807, 2.05) is 17.1 Å². The Balaban J connectivity index is 2.17. The number of hydrogen-bond donors (Lipinski definition) is 1. The molecule has 0 aromatic carbocycles. The van der Waals surface area contributed by atoms with Crippen LogP contribution < -0.4 is 0 Å². The number of rotatable bonds is 2. The number of carbonyl (C=O) groups is 2. The van der Waals surface area contributed by atoms with Crippen molar-refractivity contribution in [3.63, 3.8) is 0 Å². The van der Waals surface area contributed by atoms with Crippen molar-refractivity contribution in [2.45, 2.75) is 58.0 Å². The van der Waals surface area contributed by atoms with Gasteiger partial charge in [0.2, 0.25) is 5.91 Å². The molecular weight excluding hydrogens is 242 g/mol. The number of allylic oxidation sites excluding steroid dienone is 2. The minimum Gasteiger partial charge on any atom is -0.481 e. The number of carboxylic acid groups (broad SMARTS) is 1. The van der Waals surface area contributed by atoms with Crippen molar-refractivity contribution in [3.8, 4) is 0 Å². The standard InChI is InChI=1S/C15H23NO3/c1-10-6-5-7-11(2)16(10)14(17)12-8-3-4-9-13(12)15(18)19/h3-4,10-13H,5-9H2,1-2H3,(H,18,19)/t10-,11+,12-,13+/m1/s1. The Hall–Kier alpha value is -1.32. The van der Waals surface area contributed by atoms with Crippen molar-refractivity contribution in [2.24, 2.45) is 11.8 Å². The largest absolute Gasteiger partial charge is 0.481 e. The second kappa shape index (κ2) is 5.76. The molecule has 1 N–H and O–H groups in total. The summed E-state index contributed by atoms with van der Waals surface area (Å²) in [7, 11) is 0. The summed E-state index contributed by atoms with van der Waals surface area (Å²) < 4.78 is 0. The third-order valence-electron chi connectivity index (χ3n) is 4.51. The Morgan fingerprint density at radius 2 is 1.58 bits per heavy atom. The van der Waals surface area contributed by atoms with Gasteiger partial charge in [0.25, 0.3) is 0 Å². The van der Waals surface area contributed by atoms with Gasteiger partial charge in [0, 0.05) is 12.1 Å². The number of amides is 1. The fraction of sp³-hybridized carbons (Fsp3) is 0.733. The van der Waals surface area contributed by atoms with Gasteiger partial charge in [-0.3, -0.25) is 9.59 Å². The molecule has 1 fully saturated rings.